The lowest BCUT2D eigenvalue weighted by Crippen LogP contribution is -2.13. The third-order valence-electron chi connectivity index (χ3n) is 3.79. The van der Waals surface area contributed by atoms with E-state index in [0.29, 0.717) is 5.82 Å². The van der Waals surface area contributed by atoms with Crippen molar-refractivity contribution < 1.29 is 8.42 Å². The standard InChI is InChI=1S/C18H20N4O2S2/c1-3-13-5-7-14(8-6-13)19-16-10-11-17(21-20-16)22-26(23,24)18-12-9-15(4-2)25-18/h5-12H,3-4H2,1-2H3,(H,19,20)(H,21,22). The zero-order chi connectivity index (χ0) is 18.6. The minimum absolute atomic E-state index is 0.184. The molecule has 0 saturated heterocycles. The predicted octanol–water partition coefficient (Wildman–Crippen LogP) is 4.21. The first-order chi connectivity index (χ1) is 12.5. The largest absolute Gasteiger partial charge is 0.339 e. The minimum Gasteiger partial charge on any atom is -0.339 e. The van der Waals surface area contributed by atoms with Gasteiger partial charge >= 0.3 is 0 Å². The molecule has 0 fully saturated rings. The van der Waals surface area contributed by atoms with Gasteiger partial charge in [-0.1, -0.05) is 26.0 Å². The van der Waals surface area contributed by atoms with Crippen LogP contribution in [-0.2, 0) is 22.9 Å². The molecule has 0 saturated carbocycles. The number of nitrogens with one attached hydrogen (secondary N) is 2. The second-order valence-electron chi connectivity index (χ2n) is 5.66. The van der Waals surface area contributed by atoms with Crippen LogP contribution in [0.25, 0.3) is 0 Å². The lowest BCUT2D eigenvalue weighted by Gasteiger charge is -2.08. The lowest BCUT2D eigenvalue weighted by atomic mass is 10.1. The average molecular weight is 389 g/mol. The molecule has 136 valence electrons. The molecule has 0 aliphatic heterocycles. The summed E-state index contributed by atoms with van der Waals surface area (Å²) in [7, 11) is -3.64. The van der Waals surface area contributed by atoms with Gasteiger partial charge in [-0.15, -0.1) is 21.5 Å². The molecule has 26 heavy (non-hydrogen) atoms. The summed E-state index contributed by atoms with van der Waals surface area (Å²) < 4.78 is 27.5. The number of anilines is 3. The van der Waals surface area contributed by atoms with Gasteiger partial charge in [0.15, 0.2) is 11.6 Å². The molecule has 0 bridgehead atoms. The Morgan fingerprint density at radius 3 is 2.15 bits per heavy atom. The van der Waals surface area contributed by atoms with Crippen molar-refractivity contribution in [2.24, 2.45) is 0 Å². The molecule has 6 nitrogen and oxygen atoms in total. The zero-order valence-corrected chi connectivity index (χ0v) is 16.2. The van der Waals surface area contributed by atoms with Gasteiger partial charge in [-0.3, -0.25) is 4.72 Å². The maximum Gasteiger partial charge on any atom is 0.272 e. The van der Waals surface area contributed by atoms with E-state index in [1.807, 2.05) is 37.3 Å². The summed E-state index contributed by atoms with van der Waals surface area (Å²) in [4.78, 5) is 1.02. The zero-order valence-electron chi connectivity index (χ0n) is 14.6. The highest BCUT2D eigenvalue weighted by Crippen LogP contribution is 2.24. The summed E-state index contributed by atoms with van der Waals surface area (Å²) in [6, 6.07) is 14.7. The molecule has 0 amide bonds. The Hall–Kier alpha value is -2.45. The molecular weight excluding hydrogens is 368 g/mol. The first-order valence-electron chi connectivity index (χ1n) is 8.31. The molecule has 3 rings (SSSR count). The number of hydrogen-bond acceptors (Lipinski definition) is 6. The van der Waals surface area contributed by atoms with Gasteiger partial charge in [-0.2, -0.15) is 0 Å². The van der Waals surface area contributed by atoms with Gasteiger partial charge in [-0.25, -0.2) is 8.42 Å². The Kier molecular flexibility index (Phi) is 5.53. The second-order valence-corrected chi connectivity index (χ2v) is 8.74. The van der Waals surface area contributed by atoms with E-state index in [2.05, 4.69) is 27.2 Å². The highest BCUT2D eigenvalue weighted by Gasteiger charge is 2.17. The summed E-state index contributed by atoms with van der Waals surface area (Å²) in [6.45, 7) is 4.09. The van der Waals surface area contributed by atoms with E-state index in [1.165, 1.54) is 16.9 Å². The van der Waals surface area contributed by atoms with Crippen LogP contribution >= 0.6 is 11.3 Å². The molecule has 8 heteroatoms. The predicted molar refractivity (Wildman–Crippen MR) is 106 cm³/mol. The van der Waals surface area contributed by atoms with Gasteiger partial charge in [0.1, 0.15) is 4.21 Å². The highest BCUT2D eigenvalue weighted by atomic mass is 32.2. The quantitative estimate of drug-likeness (QED) is 0.633. The molecule has 0 spiro atoms. The van der Waals surface area contributed by atoms with Gasteiger partial charge in [0.05, 0.1) is 0 Å². The fourth-order valence-corrected chi connectivity index (χ4v) is 4.60. The second kappa shape index (κ2) is 7.84. The fraction of sp³-hybridized carbons (Fsp3) is 0.222. The number of sulfonamides is 1. The number of thiophene rings is 1. The number of aryl methyl sites for hydroxylation is 2. The number of nitrogens with zero attached hydrogens (tertiary/aromatic N) is 2. The van der Waals surface area contributed by atoms with Crippen molar-refractivity contribution in [1.29, 1.82) is 0 Å². The van der Waals surface area contributed by atoms with Gasteiger partial charge in [0, 0.05) is 10.6 Å². The van der Waals surface area contributed by atoms with E-state index < -0.39 is 10.0 Å². The van der Waals surface area contributed by atoms with Crippen LogP contribution in [-0.4, -0.2) is 18.6 Å². The molecule has 0 unspecified atom stereocenters. The first-order valence-corrected chi connectivity index (χ1v) is 10.6. The fourth-order valence-electron chi connectivity index (χ4n) is 2.31. The number of aromatic nitrogens is 2. The van der Waals surface area contributed by atoms with E-state index in [9.17, 15) is 8.42 Å². The van der Waals surface area contributed by atoms with Crippen LogP contribution in [0.4, 0.5) is 17.3 Å². The summed E-state index contributed by atoms with van der Waals surface area (Å²) in [6.07, 6.45) is 1.79. The van der Waals surface area contributed by atoms with Crippen molar-refractivity contribution in [2.45, 2.75) is 30.9 Å². The van der Waals surface area contributed by atoms with E-state index in [4.69, 9.17) is 0 Å². The SMILES string of the molecule is CCc1ccc(Nc2ccc(NS(=O)(=O)c3ccc(CC)s3)nn2)cc1. The molecular formula is C18H20N4O2S2. The third-order valence-corrected chi connectivity index (χ3v) is 6.86. The summed E-state index contributed by atoms with van der Waals surface area (Å²) in [5, 5.41) is 11.1. The van der Waals surface area contributed by atoms with E-state index in [0.717, 1.165) is 23.4 Å². The Balaban J connectivity index is 1.68. The summed E-state index contributed by atoms with van der Waals surface area (Å²) in [5.74, 6) is 0.727. The van der Waals surface area contributed by atoms with Crippen LogP contribution in [0.15, 0.2) is 52.7 Å². The van der Waals surface area contributed by atoms with Crippen molar-refractivity contribution in [3.05, 3.63) is 59.0 Å². The van der Waals surface area contributed by atoms with Gasteiger partial charge in [0.25, 0.3) is 10.0 Å². The van der Waals surface area contributed by atoms with Crippen LogP contribution in [0.3, 0.4) is 0 Å². The third kappa shape index (κ3) is 4.39. The van der Waals surface area contributed by atoms with Crippen LogP contribution < -0.4 is 10.0 Å². The Morgan fingerprint density at radius 2 is 1.58 bits per heavy atom. The maximum atomic E-state index is 12.4. The van der Waals surface area contributed by atoms with Crippen molar-refractivity contribution in [3.63, 3.8) is 0 Å². The minimum atomic E-state index is -3.64. The Labute approximate surface area is 157 Å². The van der Waals surface area contributed by atoms with Crippen molar-refractivity contribution >= 4 is 38.7 Å². The lowest BCUT2D eigenvalue weighted by molar-refractivity contribution is 0.603. The van der Waals surface area contributed by atoms with Crippen molar-refractivity contribution in [2.75, 3.05) is 10.0 Å². The molecule has 2 N–H and O–H groups in total. The monoisotopic (exact) mass is 388 g/mol. The molecule has 2 aromatic heterocycles. The summed E-state index contributed by atoms with van der Waals surface area (Å²) >= 11 is 1.26. The van der Waals surface area contributed by atoms with Crippen molar-refractivity contribution in [3.8, 4) is 0 Å². The molecule has 3 aromatic rings. The van der Waals surface area contributed by atoms with Gasteiger partial charge < -0.3 is 5.32 Å². The number of benzene rings is 1. The molecule has 0 aliphatic carbocycles. The van der Waals surface area contributed by atoms with E-state index in [-0.39, 0.29) is 10.0 Å². The average Bonchev–Trinajstić information content (AvgIpc) is 3.14. The van der Waals surface area contributed by atoms with Crippen LogP contribution in [0, 0.1) is 0 Å². The molecule has 2 heterocycles. The maximum absolute atomic E-state index is 12.4. The van der Waals surface area contributed by atoms with E-state index in [1.54, 1.807) is 18.2 Å². The molecule has 0 atom stereocenters. The van der Waals surface area contributed by atoms with E-state index >= 15 is 0 Å². The molecule has 0 aliphatic rings. The topological polar surface area (TPSA) is 84.0 Å². The highest BCUT2D eigenvalue weighted by molar-refractivity contribution is 7.94. The summed E-state index contributed by atoms with van der Waals surface area (Å²) in [5.41, 5.74) is 2.15. The van der Waals surface area contributed by atoms with Gasteiger partial charge in [-0.05, 0) is 54.8 Å². The van der Waals surface area contributed by atoms with Crippen LogP contribution in [0.2, 0.25) is 0 Å². The first kappa shape index (κ1) is 18.3. The number of hydrogen-bond donors (Lipinski definition) is 2. The smallest absolute Gasteiger partial charge is 0.272 e. The Morgan fingerprint density at radius 1 is 0.885 bits per heavy atom. The Bertz CT molecular complexity index is 965. The van der Waals surface area contributed by atoms with Gasteiger partial charge in [0.2, 0.25) is 0 Å². The normalized spacial score (nSPS) is 11.3. The van der Waals surface area contributed by atoms with Crippen molar-refractivity contribution in [1.82, 2.24) is 10.2 Å². The number of rotatable bonds is 7. The molecule has 0 radical (unpaired) electrons. The van der Waals surface area contributed by atoms with Crippen LogP contribution in [0.1, 0.15) is 24.3 Å². The van der Waals surface area contributed by atoms with Crippen LogP contribution in [0.5, 0.6) is 0 Å². The molecule has 1 aromatic carbocycles.